The smallest absolute Gasteiger partial charge is 0.300 e. The SMILES string of the molecule is O=C1C(=O)N(c2ccccc2)C(c2ccc(F)cc2)/C1=C(/O)c1ccc([N+](=O)[O-])cc1. The summed E-state index contributed by atoms with van der Waals surface area (Å²) in [6, 6.07) is 17.7. The zero-order valence-corrected chi connectivity index (χ0v) is 15.9. The van der Waals surface area contributed by atoms with Gasteiger partial charge >= 0.3 is 0 Å². The van der Waals surface area contributed by atoms with Crippen molar-refractivity contribution in [3.63, 3.8) is 0 Å². The predicted octanol–water partition coefficient (Wildman–Crippen LogP) is 4.36. The number of non-ortho nitro benzene ring substituents is 1. The normalized spacial score (nSPS) is 17.7. The van der Waals surface area contributed by atoms with Gasteiger partial charge in [0.15, 0.2) is 0 Å². The molecule has 0 saturated carbocycles. The Hall–Kier alpha value is -4.33. The van der Waals surface area contributed by atoms with Gasteiger partial charge in [-0.3, -0.25) is 24.6 Å². The van der Waals surface area contributed by atoms with Crippen LogP contribution >= 0.6 is 0 Å². The molecule has 1 fully saturated rings. The number of nitro groups is 1. The Kier molecular flexibility index (Phi) is 5.04. The van der Waals surface area contributed by atoms with Crippen LogP contribution in [0.4, 0.5) is 15.8 Å². The molecule has 8 heteroatoms. The molecule has 154 valence electrons. The highest BCUT2D eigenvalue weighted by atomic mass is 19.1. The molecule has 0 aromatic heterocycles. The molecule has 1 aliphatic heterocycles. The van der Waals surface area contributed by atoms with E-state index in [9.17, 15) is 29.2 Å². The second-order valence-electron chi connectivity index (χ2n) is 6.86. The van der Waals surface area contributed by atoms with Gasteiger partial charge in [-0.05, 0) is 42.0 Å². The highest BCUT2D eigenvalue weighted by Gasteiger charge is 2.46. The average Bonchev–Trinajstić information content (AvgIpc) is 3.05. The van der Waals surface area contributed by atoms with Crippen molar-refractivity contribution in [3.8, 4) is 0 Å². The van der Waals surface area contributed by atoms with Crippen LogP contribution in [0, 0.1) is 15.9 Å². The summed E-state index contributed by atoms with van der Waals surface area (Å²) >= 11 is 0. The lowest BCUT2D eigenvalue weighted by molar-refractivity contribution is -0.384. The number of benzene rings is 3. The summed E-state index contributed by atoms with van der Waals surface area (Å²) in [5, 5.41) is 21.8. The second-order valence-corrected chi connectivity index (χ2v) is 6.86. The number of aliphatic hydroxyl groups excluding tert-OH is 1. The molecule has 1 amide bonds. The van der Waals surface area contributed by atoms with Crippen LogP contribution in [-0.4, -0.2) is 21.7 Å². The number of nitro benzene ring substituents is 1. The lowest BCUT2D eigenvalue weighted by Gasteiger charge is -2.25. The molecular formula is C23H15FN2O5. The number of ketones is 1. The first-order chi connectivity index (χ1) is 14.9. The Morgan fingerprint density at radius 2 is 1.55 bits per heavy atom. The predicted molar refractivity (Wildman–Crippen MR) is 111 cm³/mol. The number of anilines is 1. The van der Waals surface area contributed by atoms with Crippen molar-refractivity contribution in [1.82, 2.24) is 0 Å². The first-order valence-electron chi connectivity index (χ1n) is 9.25. The largest absolute Gasteiger partial charge is 0.507 e. The number of amides is 1. The first-order valence-corrected chi connectivity index (χ1v) is 9.25. The Bertz CT molecular complexity index is 1200. The molecule has 1 N–H and O–H groups in total. The van der Waals surface area contributed by atoms with Crippen molar-refractivity contribution in [2.45, 2.75) is 6.04 Å². The molecule has 0 radical (unpaired) electrons. The van der Waals surface area contributed by atoms with Crippen LogP contribution in [0.5, 0.6) is 0 Å². The number of halogens is 1. The van der Waals surface area contributed by atoms with Crippen molar-refractivity contribution in [2.24, 2.45) is 0 Å². The van der Waals surface area contributed by atoms with E-state index in [0.717, 1.165) is 0 Å². The lowest BCUT2D eigenvalue weighted by Crippen LogP contribution is -2.29. The van der Waals surface area contributed by atoms with Gasteiger partial charge in [-0.15, -0.1) is 0 Å². The van der Waals surface area contributed by atoms with E-state index in [4.69, 9.17) is 0 Å². The Morgan fingerprint density at radius 3 is 2.13 bits per heavy atom. The highest BCUT2D eigenvalue weighted by Crippen LogP contribution is 2.42. The topological polar surface area (TPSA) is 101 Å². The minimum atomic E-state index is -1.00. The zero-order valence-electron chi connectivity index (χ0n) is 15.9. The van der Waals surface area contributed by atoms with Crippen molar-refractivity contribution < 1.29 is 24.0 Å². The first kappa shape index (κ1) is 20.0. The van der Waals surface area contributed by atoms with Crippen LogP contribution in [0.1, 0.15) is 17.2 Å². The summed E-state index contributed by atoms with van der Waals surface area (Å²) in [6.07, 6.45) is 0. The third kappa shape index (κ3) is 3.55. The maximum atomic E-state index is 13.5. The standard InChI is InChI=1S/C23H15FN2O5/c24-16-10-6-14(7-11-16)20-19(21(27)15-8-12-18(13-9-15)26(30)31)22(28)23(29)25(20)17-4-2-1-3-5-17/h1-13,20,27H/b21-19-. The molecule has 4 rings (SSSR count). The van der Waals surface area contributed by atoms with E-state index in [1.54, 1.807) is 30.3 Å². The molecule has 31 heavy (non-hydrogen) atoms. The quantitative estimate of drug-likeness (QED) is 0.223. The van der Waals surface area contributed by atoms with Crippen molar-refractivity contribution in [2.75, 3.05) is 4.90 Å². The number of rotatable bonds is 4. The monoisotopic (exact) mass is 418 g/mol. The Labute approximate surface area is 175 Å². The summed E-state index contributed by atoms with van der Waals surface area (Å²) in [4.78, 5) is 37.4. The van der Waals surface area contributed by atoms with Gasteiger partial charge in [0.05, 0.1) is 16.5 Å². The number of Topliss-reactive ketones (excluding diaryl/α,β-unsaturated/α-hetero) is 1. The van der Waals surface area contributed by atoms with Gasteiger partial charge in [0.25, 0.3) is 17.4 Å². The van der Waals surface area contributed by atoms with Crippen LogP contribution in [0.3, 0.4) is 0 Å². The summed E-state index contributed by atoms with van der Waals surface area (Å²) in [5.74, 6) is -2.71. The molecule has 1 aliphatic rings. The van der Waals surface area contributed by atoms with Gasteiger partial charge in [0.1, 0.15) is 11.6 Å². The van der Waals surface area contributed by atoms with Crippen LogP contribution in [0.15, 0.2) is 84.4 Å². The summed E-state index contributed by atoms with van der Waals surface area (Å²) in [5.41, 5.74) is 0.629. The molecule has 1 unspecified atom stereocenters. The van der Waals surface area contributed by atoms with Crippen molar-refractivity contribution in [3.05, 3.63) is 111 Å². The van der Waals surface area contributed by atoms with Crippen molar-refractivity contribution >= 4 is 28.8 Å². The summed E-state index contributed by atoms with van der Waals surface area (Å²) in [6.45, 7) is 0. The van der Waals surface area contributed by atoms with Gasteiger partial charge in [-0.1, -0.05) is 30.3 Å². The molecule has 0 spiro atoms. The van der Waals surface area contributed by atoms with Gasteiger partial charge < -0.3 is 5.11 Å². The Balaban J connectivity index is 1.91. The van der Waals surface area contributed by atoms with Crippen molar-refractivity contribution in [1.29, 1.82) is 0 Å². The van der Waals surface area contributed by atoms with E-state index < -0.39 is 34.2 Å². The van der Waals surface area contributed by atoms with Gasteiger partial charge in [0, 0.05) is 23.4 Å². The lowest BCUT2D eigenvalue weighted by atomic mass is 9.95. The molecular weight excluding hydrogens is 403 g/mol. The van der Waals surface area contributed by atoms with E-state index in [0.29, 0.717) is 11.3 Å². The molecule has 1 saturated heterocycles. The molecule has 1 heterocycles. The Morgan fingerprint density at radius 1 is 0.935 bits per heavy atom. The number of hydrogen-bond acceptors (Lipinski definition) is 5. The number of nitrogens with zero attached hydrogens (tertiary/aromatic N) is 2. The number of para-hydroxylation sites is 1. The van der Waals surface area contributed by atoms with Crippen LogP contribution in [0.25, 0.3) is 5.76 Å². The van der Waals surface area contributed by atoms with Crippen LogP contribution < -0.4 is 4.90 Å². The van der Waals surface area contributed by atoms with E-state index in [2.05, 4.69) is 0 Å². The van der Waals surface area contributed by atoms with E-state index >= 15 is 0 Å². The fraction of sp³-hybridized carbons (Fsp3) is 0.0435. The molecule has 0 bridgehead atoms. The van der Waals surface area contributed by atoms with Gasteiger partial charge in [-0.25, -0.2) is 4.39 Å². The van der Waals surface area contributed by atoms with Gasteiger partial charge in [-0.2, -0.15) is 0 Å². The third-order valence-corrected chi connectivity index (χ3v) is 5.02. The highest BCUT2D eigenvalue weighted by molar-refractivity contribution is 6.51. The minimum Gasteiger partial charge on any atom is -0.507 e. The fourth-order valence-corrected chi connectivity index (χ4v) is 3.54. The number of carbonyl (C=O) groups excluding carboxylic acids is 2. The molecule has 0 aliphatic carbocycles. The average molecular weight is 418 g/mol. The van der Waals surface area contributed by atoms with E-state index in [1.165, 1.54) is 53.4 Å². The van der Waals surface area contributed by atoms with Gasteiger partial charge in [0.2, 0.25) is 0 Å². The molecule has 3 aromatic carbocycles. The zero-order chi connectivity index (χ0) is 22.1. The minimum absolute atomic E-state index is 0.142. The van der Waals surface area contributed by atoms with E-state index in [-0.39, 0.29) is 16.8 Å². The molecule has 7 nitrogen and oxygen atoms in total. The maximum absolute atomic E-state index is 13.5. The van der Waals surface area contributed by atoms with Crippen LogP contribution in [0.2, 0.25) is 0 Å². The molecule has 3 aromatic rings. The third-order valence-electron chi connectivity index (χ3n) is 5.02. The maximum Gasteiger partial charge on any atom is 0.300 e. The van der Waals surface area contributed by atoms with E-state index in [1.807, 2.05) is 0 Å². The number of carbonyl (C=O) groups is 2. The van der Waals surface area contributed by atoms with Crippen LogP contribution in [-0.2, 0) is 9.59 Å². The summed E-state index contributed by atoms with van der Waals surface area (Å²) < 4.78 is 13.5. The molecule has 1 atom stereocenters. The summed E-state index contributed by atoms with van der Waals surface area (Å²) in [7, 11) is 0. The fourth-order valence-electron chi connectivity index (χ4n) is 3.54. The second kappa shape index (κ2) is 7.83. The number of hydrogen-bond donors (Lipinski definition) is 1. The number of aliphatic hydroxyl groups is 1.